The predicted octanol–water partition coefficient (Wildman–Crippen LogP) is 0.358. The minimum absolute atomic E-state index is 0.699. The third-order valence-corrected chi connectivity index (χ3v) is 0.949. The summed E-state index contributed by atoms with van der Waals surface area (Å²) >= 11 is 0. The highest BCUT2D eigenvalue weighted by molar-refractivity contribution is 5.19. The van der Waals surface area contributed by atoms with Crippen molar-refractivity contribution in [2.24, 2.45) is 7.05 Å². The lowest BCUT2D eigenvalue weighted by Crippen LogP contribution is -1.91. The molecule has 0 atom stereocenters. The van der Waals surface area contributed by atoms with Gasteiger partial charge in [0.15, 0.2) is 0 Å². The molecule has 0 saturated carbocycles. The number of hydrogen-bond acceptors (Lipinski definition) is 1. The van der Waals surface area contributed by atoms with Crippen molar-refractivity contribution in [3.05, 3.63) is 24.4 Å². The van der Waals surface area contributed by atoms with Crippen LogP contribution in [0.3, 0.4) is 0 Å². The lowest BCUT2D eigenvalue weighted by molar-refractivity contribution is 0.757. The molecule has 1 radical (unpaired) electrons. The Labute approximate surface area is 48.1 Å². The second kappa shape index (κ2) is 1.71. The van der Waals surface area contributed by atoms with Crippen molar-refractivity contribution < 1.29 is 0 Å². The number of aromatic nitrogens is 2. The van der Waals surface area contributed by atoms with Gasteiger partial charge >= 0.3 is 0 Å². The maximum Gasteiger partial charge on any atom is 0.111 e. The van der Waals surface area contributed by atoms with E-state index in [2.05, 4.69) is 11.0 Å². The number of hydrogen-bond donors (Lipinski definition) is 0. The molecular weight excluding hydrogens is 100 g/mol. The minimum Gasteiger partial charge on any atom is -0.260 e. The zero-order chi connectivity index (χ0) is 5.98. The van der Waals surface area contributed by atoms with E-state index < -0.39 is 0 Å². The van der Waals surface area contributed by atoms with Crippen LogP contribution < -0.4 is 0 Å². The topological polar surface area (TPSA) is 17.8 Å². The summed E-state index contributed by atoms with van der Waals surface area (Å²) < 4.78 is 1.59. The summed E-state index contributed by atoms with van der Waals surface area (Å²) in [5.74, 6) is 2.23. The molecule has 0 aliphatic heterocycles. The van der Waals surface area contributed by atoms with Gasteiger partial charge in [-0.1, -0.05) is 0 Å². The highest BCUT2D eigenvalue weighted by Gasteiger charge is 1.88. The molecule has 2 heteroatoms. The largest absolute Gasteiger partial charge is 0.260 e. The molecule has 0 amide bonds. The average molecular weight is 105 g/mol. The third-order valence-electron chi connectivity index (χ3n) is 0.949. The van der Waals surface area contributed by atoms with Gasteiger partial charge in [-0.3, -0.25) is 4.68 Å². The van der Waals surface area contributed by atoms with Crippen LogP contribution in [0.2, 0.25) is 0 Å². The molecule has 1 heterocycles. The number of rotatable bonds is 0. The summed E-state index contributed by atoms with van der Waals surface area (Å²) in [5, 5.41) is 3.82. The van der Waals surface area contributed by atoms with E-state index in [1.807, 2.05) is 0 Å². The summed E-state index contributed by atoms with van der Waals surface area (Å²) in [6, 6.07) is 1.73. The van der Waals surface area contributed by atoms with Crippen molar-refractivity contribution in [1.82, 2.24) is 9.78 Å². The van der Waals surface area contributed by atoms with E-state index in [4.69, 9.17) is 6.42 Å². The summed E-state index contributed by atoms with van der Waals surface area (Å²) in [6.07, 6.45) is 8.33. The van der Waals surface area contributed by atoms with Gasteiger partial charge in [0.05, 0.1) is 6.20 Å². The molecule has 0 unspecified atom stereocenters. The summed E-state index contributed by atoms with van der Waals surface area (Å²) in [4.78, 5) is 0. The zero-order valence-electron chi connectivity index (χ0n) is 4.55. The lowest BCUT2D eigenvalue weighted by atomic mass is 10.5. The van der Waals surface area contributed by atoms with Crippen molar-refractivity contribution >= 4 is 0 Å². The van der Waals surface area contributed by atoms with Crippen LogP contribution in [-0.2, 0) is 7.05 Å². The van der Waals surface area contributed by atoms with Gasteiger partial charge in [0.25, 0.3) is 0 Å². The fourth-order valence-electron chi connectivity index (χ4n) is 0.497. The average Bonchev–Trinajstić information content (AvgIpc) is 2.14. The Hall–Kier alpha value is -1.23. The first-order valence-corrected chi connectivity index (χ1v) is 2.25. The first kappa shape index (κ1) is 4.92. The van der Waals surface area contributed by atoms with Crippen LogP contribution in [0.5, 0.6) is 0 Å². The van der Waals surface area contributed by atoms with Crippen LogP contribution >= 0.6 is 0 Å². The molecule has 0 saturated heterocycles. The molecule has 0 aliphatic carbocycles. The molecule has 0 aliphatic rings. The molecule has 0 bridgehead atoms. The van der Waals surface area contributed by atoms with Gasteiger partial charge < -0.3 is 0 Å². The summed E-state index contributed by atoms with van der Waals surface area (Å²) in [6.45, 7) is 0. The van der Waals surface area contributed by atoms with E-state index in [-0.39, 0.29) is 0 Å². The Kier molecular flexibility index (Phi) is 1.05. The highest BCUT2D eigenvalue weighted by atomic mass is 15.2. The normalized spacial score (nSPS) is 8.50. The molecular formula is C6H5N2. The minimum atomic E-state index is 0.699. The molecule has 1 rings (SSSR count). The predicted molar refractivity (Wildman–Crippen MR) is 29.4 cm³/mol. The molecule has 0 fully saturated rings. The van der Waals surface area contributed by atoms with E-state index >= 15 is 0 Å². The van der Waals surface area contributed by atoms with Gasteiger partial charge in [-0.2, -0.15) is 5.10 Å². The Bertz CT molecular complexity index is 217. The van der Waals surface area contributed by atoms with Gasteiger partial charge in [-0.25, -0.2) is 0 Å². The van der Waals surface area contributed by atoms with Gasteiger partial charge in [0.2, 0.25) is 0 Å². The van der Waals surface area contributed by atoms with Crippen molar-refractivity contribution in [2.45, 2.75) is 0 Å². The maximum absolute atomic E-state index is 6.69. The molecule has 0 aromatic carbocycles. The molecule has 1 aromatic heterocycles. The van der Waals surface area contributed by atoms with Crippen molar-refractivity contribution in [3.63, 3.8) is 0 Å². The second-order valence-electron chi connectivity index (χ2n) is 1.47. The van der Waals surface area contributed by atoms with Gasteiger partial charge in [-0.05, 0) is 18.4 Å². The molecule has 1 aromatic rings. The molecule has 8 heavy (non-hydrogen) atoms. The summed E-state index contributed by atoms with van der Waals surface area (Å²) in [5.41, 5.74) is 0.699. The number of aryl methyl sites for hydroxylation is 1. The van der Waals surface area contributed by atoms with Gasteiger partial charge in [0.1, 0.15) is 5.69 Å². The Balaban J connectivity index is 3.15. The van der Waals surface area contributed by atoms with E-state index in [1.54, 1.807) is 24.0 Å². The lowest BCUT2D eigenvalue weighted by Gasteiger charge is -1.86. The van der Waals surface area contributed by atoms with Gasteiger partial charge in [-0.15, -0.1) is 0 Å². The monoisotopic (exact) mass is 105 g/mol. The second-order valence-corrected chi connectivity index (χ2v) is 1.47. The smallest absolute Gasteiger partial charge is 0.111 e. The first-order valence-electron chi connectivity index (χ1n) is 2.25. The zero-order valence-corrected chi connectivity index (χ0v) is 4.55. The van der Waals surface area contributed by atoms with E-state index in [1.165, 1.54) is 0 Å². The summed E-state index contributed by atoms with van der Waals surface area (Å²) in [7, 11) is 1.77. The Morgan fingerprint density at radius 1 is 1.88 bits per heavy atom. The van der Waals surface area contributed by atoms with Crippen molar-refractivity contribution in [1.29, 1.82) is 0 Å². The van der Waals surface area contributed by atoms with Crippen LogP contribution in [0.25, 0.3) is 0 Å². The third kappa shape index (κ3) is 0.584. The molecule has 39 valence electrons. The quantitative estimate of drug-likeness (QED) is 0.435. The van der Waals surface area contributed by atoms with Crippen molar-refractivity contribution in [3.8, 4) is 5.92 Å². The SMILES string of the molecule is [C]#Cc1ccnn1C. The van der Waals surface area contributed by atoms with Crippen LogP contribution in [-0.4, -0.2) is 9.78 Å². The fourth-order valence-corrected chi connectivity index (χ4v) is 0.497. The Morgan fingerprint density at radius 3 is 2.88 bits per heavy atom. The Morgan fingerprint density at radius 2 is 2.62 bits per heavy atom. The fraction of sp³-hybridized carbons (Fsp3) is 0.167. The molecule has 0 N–H and O–H groups in total. The van der Waals surface area contributed by atoms with Crippen LogP contribution in [0, 0.1) is 12.3 Å². The first-order chi connectivity index (χ1) is 3.84. The van der Waals surface area contributed by atoms with E-state index in [0.29, 0.717) is 5.69 Å². The number of nitrogens with zero attached hydrogens (tertiary/aromatic N) is 2. The standard InChI is InChI=1S/C6H5N2/c1-3-6-4-5-7-8(6)2/h4-5H,2H3. The van der Waals surface area contributed by atoms with Crippen LogP contribution in [0.1, 0.15) is 5.69 Å². The molecule has 2 nitrogen and oxygen atoms in total. The maximum atomic E-state index is 6.69. The highest BCUT2D eigenvalue weighted by Crippen LogP contribution is 1.89. The van der Waals surface area contributed by atoms with Crippen LogP contribution in [0.15, 0.2) is 12.3 Å². The van der Waals surface area contributed by atoms with E-state index in [0.717, 1.165) is 0 Å². The van der Waals surface area contributed by atoms with E-state index in [9.17, 15) is 0 Å². The molecule has 0 spiro atoms. The van der Waals surface area contributed by atoms with Crippen molar-refractivity contribution in [2.75, 3.05) is 0 Å². The van der Waals surface area contributed by atoms with Crippen LogP contribution in [0.4, 0.5) is 0 Å². The van der Waals surface area contributed by atoms with Gasteiger partial charge in [0, 0.05) is 7.05 Å².